The molecule has 6 nitrogen and oxygen atoms in total. The zero-order chi connectivity index (χ0) is 20.9. The maximum atomic E-state index is 6.70. The summed E-state index contributed by atoms with van der Waals surface area (Å²) in [7, 11) is 2.11. The van der Waals surface area contributed by atoms with Crippen LogP contribution in [0.3, 0.4) is 0 Å². The van der Waals surface area contributed by atoms with Gasteiger partial charge in [0.1, 0.15) is 11.2 Å². The van der Waals surface area contributed by atoms with Crippen LogP contribution in [-0.4, -0.2) is 60.3 Å². The quantitative estimate of drug-likeness (QED) is 0.476. The summed E-state index contributed by atoms with van der Waals surface area (Å²) in [5.41, 5.74) is -0.500. The van der Waals surface area contributed by atoms with E-state index < -0.39 is 0 Å². The second-order valence-corrected chi connectivity index (χ2v) is 10.9. The predicted molar refractivity (Wildman–Crippen MR) is 114 cm³/mol. The summed E-state index contributed by atoms with van der Waals surface area (Å²) >= 11 is 0. The summed E-state index contributed by atoms with van der Waals surface area (Å²) in [6, 6.07) is 0. The molecule has 8 atom stereocenters. The zero-order valence-corrected chi connectivity index (χ0v) is 19.2. The molecule has 6 rings (SSSR count). The van der Waals surface area contributed by atoms with E-state index in [-0.39, 0.29) is 23.6 Å². The lowest BCUT2D eigenvalue weighted by Crippen LogP contribution is -2.69. The Hall–Kier alpha value is -0.820. The van der Waals surface area contributed by atoms with Gasteiger partial charge in [-0.05, 0) is 57.3 Å². The van der Waals surface area contributed by atoms with Gasteiger partial charge in [0, 0.05) is 50.9 Å². The summed E-state index contributed by atoms with van der Waals surface area (Å²) < 4.78 is 13.1. The molecule has 0 aromatic rings. The second-order valence-electron chi connectivity index (χ2n) is 10.9. The molecule has 6 aliphatic rings. The van der Waals surface area contributed by atoms with Gasteiger partial charge in [0.15, 0.2) is 6.29 Å². The number of nitrogens with zero attached hydrogens (tertiary/aromatic N) is 2. The van der Waals surface area contributed by atoms with Crippen molar-refractivity contribution >= 4 is 0 Å². The lowest BCUT2D eigenvalue weighted by Gasteiger charge is -2.61. The van der Waals surface area contributed by atoms with Gasteiger partial charge in [-0.15, -0.1) is 0 Å². The van der Waals surface area contributed by atoms with Gasteiger partial charge in [0.25, 0.3) is 0 Å². The molecule has 0 aromatic heterocycles. The third-order valence-electron chi connectivity index (χ3n) is 8.69. The maximum Gasteiger partial charge on any atom is 0.160 e. The predicted octanol–water partition coefficient (Wildman–Crippen LogP) is 4.13. The van der Waals surface area contributed by atoms with Crippen LogP contribution in [0.1, 0.15) is 65.7 Å². The Labute approximate surface area is 181 Å². The SMILES string of the molecule is C[C@H]1[C@@H](OCCCCN2C=CN(C)C2)O[C@@H]2CC3(C)CC[C@H]4[C@H](C)CC[C@@H]1[C@@]24OO3. The maximum absolute atomic E-state index is 6.70. The van der Waals surface area contributed by atoms with Gasteiger partial charge >= 0.3 is 0 Å². The monoisotopic (exact) mass is 420 g/mol. The summed E-state index contributed by atoms with van der Waals surface area (Å²) in [4.78, 5) is 17.0. The van der Waals surface area contributed by atoms with Crippen molar-refractivity contribution in [2.45, 2.75) is 89.3 Å². The van der Waals surface area contributed by atoms with E-state index in [1.165, 1.54) is 19.3 Å². The van der Waals surface area contributed by atoms with Crippen molar-refractivity contribution in [3.05, 3.63) is 12.4 Å². The highest BCUT2D eigenvalue weighted by molar-refractivity contribution is 5.13. The van der Waals surface area contributed by atoms with E-state index in [1.807, 2.05) is 0 Å². The van der Waals surface area contributed by atoms with E-state index in [9.17, 15) is 0 Å². The standard InChI is InChI=1S/C24H40N2O4/c1-17-7-8-20-18(2)22(27-14-6-5-11-26-13-12-25(4)16-26)28-21-15-23(3)10-9-19(17)24(20,21)30-29-23/h12-13,17-22H,5-11,14-16H2,1-4H3/t17-,18-,19+,20+,21-,22+,23?,24-/m1/s1. The van der Waals surface area contributed by atoms with Crippen molar-refractivity contribution in [2.75, 3.05) is 26.9 Å². The van der Waals surface area contributed by atoms with Crippen LogP contribution in [0, 0.1) is 23.7 Å². The van der Waals surface area contributed by atoms with Crippen LogP contribution < -0.4 is 0 Å². The average molecular weight is 421 g/mol. The molecule has 1 unspecified atom stereocenters. The fourth-order valence-electron chi connectivity index (χ4n) is 6.96. The average Bonchev–Trinajstić information content (AvgIpc) is 3.00. The number of rotatable bonds is 6. The van der Waals surface area contributed by atoms with Gasteiger partial charge in [-0.3, -0.25) is 0 Å². The van der Waals surface area contributed by atoms with Crippen molar-refractivity contribution < 1.29 is 19.2 Å². The molecule has 0 radical (unpaired) electrons. The van der Waals surface area contributed by atoms with Crippen molar-refractivity contribution in [1.82, 2.24) is 9.80 Å². The van der Waals surface area contributed by atoms with E-state index in [0.29, 0.717) is 23.7 Å². The molecular formula is C24H40N2O4. The number of unbranched alkanes of at least 4 members (excludes halogenated alkanes) is 1. The molecule has 1 spiro atoms. The molecule has 5 fully saturated rings. The van der Waals surface area contributed by atoms with Crippen molar-refractivity contribution in [3.63, 3.8) is 0 Å². The molecule has 2 aliphatic carbocycles. The van der Waals surface area contributed by atoms with E-state index in [4.69, 9.17) is 19.2 Å². The van der Waals surface area contributed by atoms with Crippen LogP contribution in [-0.2, 0) is 19.2 Å². The number of hydrogen-bond donors (Lipinski definition) is 0. The van der Waals surface area contributed by atoms with Gasteiger partial charge in [-0.1, -0.05) is 13.8 Å². The number of ether oxygens (including phenoxy) is 2. The molecule has 3 saturated heterocycles. The first-order valence-corrected chi connectivity index (χ1v) is 12.2. The fourth-order valence-corrected chi connectivity index (χ4v) is 6.96. The minimum absolute atomic E-state index is 0.0861. The molecule has 0 amide bonds. The van der Waals surface area contributed by atoms with E-state index in [2.05, 4.69) is 50.0 Å². The largest absolute Gasteiger partial charge is 0.362 e. The third kappa shape index (κ3) is 3.48. The molecule has 4 aliphatic heterocycles. The Morgan fingerprint density at radius 3 is 2.73 bits per heavy atom. The minimum Gasteiger partial charge on any atom is -0.362 e. The van der Waals surface area contributed by atoms with Gasteiger partial charge in [-0.2, -0.15) is 0 Å². The van der Waals surface area contributed by atoms with Gasteiger partial charge in [0.05, 0.1) is 12.8 Å². The first-order chi connectivity index (χ1) is 14.4. The van der Waals surface area contributed by atoms with E-state index in [0.717, 1.165) is 45.5 Å². The van der Waals surface area contributed by atoms with E-state index >= 15 is 0 Å². The lowest BCUT2D eigenvalue weighted by atomic mass is 9.56. The molecule has 4 heterocycles. The van der Waals surface area contributed by atoms with Crippen LogP contribution in [0.4, 0.5) is 0 Å². The second kappa shape index (κ2) is 7.95. The van der Waals surface area contributed by atoms with Crippen molar-refractivity contribution in [1.29, 1.82) is 0 Å². The highest BCUT2D eigenvalue weighted by Gasteiger charge is 2.68. The smallest absolute Gasteiger partial charge is 0.160 e. The van der Waals surface area contributed by atoms with E-state index in [1.54, 1.807) is 0 Å². The lowest BCUT2D eigenvalue weighted by molar-refractivity contribution is -0.495. The number of hydrogen-bond acceptors (Lipinski definition) is 6. The van der Waals surface area contributed by atoms with Gasteiger partial charge < -0.3 is 19.3 Å². The minimum atomic E-state index is -0.277. The van der Waals surface area contributed by atoms with Crippen LogP contribution in [0.25, 0.3) is 0 Å². The summed E-state index contributed by atoms with van der Waals surface area (Å²) in [6.07, 6.45) is 12.1. The molecule has 170 valence electrons. The zero-order valence-electron chi connectivity index (χ0n) is 19.2. The first-order valence-electron chi connectivity index (χ1n) is 12.2. The molecule has 0 aromatic carbocycles. The Morgan fingerprint density at radius 2 is 1.93 bits per heavy atom. The Balaban J connectivity index is 1.21. The first kappa shape index (κ1) is 21.0. The fraction of sp³-hybridized carbons (Fsp3) is 0.917. The van der Waals surface area contributed by atoms with Crippen molar-refractivity contribution in [3.8, 4) is 0 Å². The topological polar surface area (TPSA) is 43.4 Å². The van der Waals surface area contributed by atoms with Gasteiger partial charge in [-0.25, -0.2) is 9.78 Å². The molecule has 6 heteroatoms. The molecule has 2 bridgehead atoms. The number of fused-ring (bicyclic) bond motifs is 2. The molecule has 30 heavy (non-hydrogen) atoms. The van der Waals surface area contributed by atoms with Crippen LogP contribution >= 0.6 is 0 Å². The normalized spacial score (nSPS) is 47.5. The molecular weight excluding hydrogens is 380 g/mol. The van der Waals surface area contributed by atoms with Crippen LogP contribution in [0.15, 0.2) is 12.4 Å². The Bertz CT molecular complexity index is 659. The summed E-state index contributed by atoms with van der Waals surface area (Å²) in [6.45, 7) is 9.75. The molecule has 0 N–H and O–H groups in total. The Kier molecular flexibility index (Phi) is 5.58. The molecule has 2 saturated carbocycles. The highest BCUT2D eigenvalue weighted by atomic mass is 17.2. The van der Waals surface area contributed by atoms with Crippen molar-refractivity contribution in [2.24, 2.45) is 23.7 Å². The summed E-state index contributed by atoms with van der Waals surface area (Å²) in [5, 5.41) is 0. The van der Waals surface area contributed by atoms with Crippen LogP contribution in [0.2, 0.25) is 0 Å². The summed E-state index contributed by atoms with van der Waals surface area (Å²) in [5.74, 6) is 1.98. The Morgan fingerprint density at radius 1 is 1.07 bits per heavy atom. The van der Waals surface area contributed by atoms with Gasteiger partial charge in [0.2, 0.25) is 0 Å². The third-order valence-corrected chi connectivity index (χ3v) is 8.69. The highest BCUT2D eigenvalue weighted by Crippen LogP contribution is 2.61. The van der Waals surface area contributed by atoms with Crippen LogP contribution in [0.5, 0.6) is 0 Å².